The molecule has 1 aromatic heterocycles. The van der Waals surface area contributed by atoms with Crippen molar-refractivity contribution in [3.63, 3.8) is 0 Å². The van der Waals surface area contributed by atoms with Crippen molar-refractivity contribution < 1.29 is 4.79 Å². The minimum absolute atomic E-state index is 0.0943. The van der Waals surface area contributed by atoms with Gasteiger partial charge in [0.05, 0.1) is 6.54 Å². The van der Waals surface area contributed by atoms with Gasteiger partial charge in [0.15, 0.2) is 5.82 Å². The van der Waals surface area contributed by atoms with Crippen LogP contribution in [0, 0.1) is 0 Å². The molecule has 3 rings (SSSR count). The van der Waals surface area contributed by atoms with E-state index in [0.717, 1.165) is 43.4 Å². The molecule has 1 aliphatic heterocycles. The van der Waals surface area contributed by atoms with Crippen LogP contribution >= 0.6 is 0 Å². The lowest BCUT2D eigenvalue weighted by atomic mass is 10.2. The maximum Gasteiger partial charge on any atom is 0.234 e. The lowest BCUT2D eigenvalue weighted by Crippen LogP contribution is -2.50. The minimum Gasteiger partial charge on any atom is -0.354 e. The van der Waals surface area contributed by atoms with Crippen molar-refractivity contribution in [2.24, 2.45) is 0 Å². The van der Waals surface area contributed by atoms with Crippen molar-refractivity contribution >= 4 is 11.7 Å². The Morgan fingerprint density at radius 3 is 2.52 bits per heavy atom. The van der Waals surface area contributed by atoms with Crippen molar-refractivity contribution in [3.8, 4) is 11.4 Å². The predicted octanol–water partition coefficient (Wildman–Crippen LogP) is 1.79. The van der Waals surface area contributed by atoms with E-state index in [1.807, 2.05) is 56.4 Å². The summed E-state index contributed by atoms with van der Waals surface area (Å²) in [4.78, 5) is 25.4. The monoisotopic (exact) mass is 339 g/mol. The van der Waals surface area contributed by atoms with E-state index in [1.54, 1.807) is 0 Å². The van der Waals surface area contributed by atoms with Gasteiger partial charge in [-0.05, 0) is 19.9 Å². The van der Waals surface area contributed by atoms with Crippen molar-refractivity contribution in [1.82, 2.24) is 20.2 Å². The highest BCUT2D eigenvalue weighted by Gasteiger charge is 2.20. The Morgan fingerprint density at radius 2 is 1.84 bits per heavy atom. The normalized spacial score (nSPS) is 15.4. The summed E-state index contributed by atoms with van der Waals surface area (Å²) in [7, 11) is 0. The van der Waals surface area contributed by atoms with Crippen molar-refractivity contribution in [2.45, 2.75) is 19.9 Å². The third-order valence-corrected chi connectivity index (χ3v) is 4.19. The topological polar surface area (TPSA) is 61.4 Å². The van der Waals surface area contributed by atoms with Gasteiger partial charge in [-0.3, -0.25) is 9.69 Å². The molecule has 1 fully saturated rings. The molecule has 25 heavy (non-hydrogen) atoms. The van der Waals surface area contributed by atoms with Crippen LogP contribution in [0.25, 0.3) is 11.4 Å². The first kappa shape index (κ1) is 17.4. The standard InChI is InChI=1S/C19H25N5O/c1-15(2)21-18(25)14-23-10-12-24(13-11-23)17-8-9-20-19(22-17)16-6-4-3-5-7-16/h3-9,15H,10-14H2,1-2H3,(H,21,25). The molecule has 132 valence electrons. The molecule has 0 atom stereocenters. The molecule has 1 aromatic carbocycles. The Bertz CT molecular complexity index is 696. The Morgan fingerprint density at radius 1 is 1.12 bits per heavy atom. The van der Waals surface area contributed by atoms with E-state index < -0.39 is 0 Å². The number of anilines is 1. The molecule has 1 saturated heterocycles. The van der Waals surface area contributed by atoms with E-state index in [9.17, 15) is 4.79 Å². The molecule has 0 radical (unpaired) electrons. The molecular formula is C19H25N5O. The molecule has 0 aliphatic carbocycles. The van der Waals surface area contributed by atoms with Gasteiger partial charge in [-0.25, -0.2) is 9.97 Å². The number of carbonyl (C=O) groups is 1. The Labute approximate surface area is 148 Å². The fourth-order valence-electron chi connectivity index (χ4n) is 2.96. The van der Waals surface area contributed by atoms with Crippen molar-refractivity contribution in [2.75, 3.05) is 37.6 Å². The first-order chi connectivity index (χ1) is 12.1. The molecule has 6 heteroatoms. The average molecular weight is 339 g/mol. The van der Waals surface area contributed by atoms with Gasteiger partial charge in [-0.1, -0.05) is 30.3 Å². The van der Waals surface area contributed by atoms with E-state index >= 15 is 0 Å². The Hall–Kier alpha value is -2.47. The van der Waals surface area contributed by atoms with E-state index in [2.05, 4.69) is 20.1 Å². The van der Waals surface area contributed by atoms with Gasteiger partial charge >= 0.3 is 0 Å². The fourth-order valence-corrected chi connectivity index (χ4v) is 2.96. The zero-order valence-corrected chi connectivity index (χ0v) is 14.9. The number of hydrogen-bond acceptors (Lipinski definition) is 5. The summed E-state index contributed by atoms with van der Waals surface area (Å²) in [5.74, 6) is 1.79. The first-order valence-electron chi connectivity index (χ1n) is 8.77. The number of nitrogens with zero attached hydrogens (tertiary/aromatic N) is 4. The highest BCUT2D eigenvalue weighted by atomic mass is 16.2. The lowest BCUT2D eigenvalue weighted by Gasteiger charge is -2.35. The number of rotatable bonds is 5. The van der Waals surface area contributed by atoms with E-state index in [1.165, 1.54) is 0 Å². The molecule has 1 amide bonds. The second-order valence-electron chi connectivity index (χ2n) is 6.59. The number of aromatic nitrogens is 2. The first-order valence-corrected chi connectivity index (χ1v) is 8.77. The molecule has 2 aromatic rings. The number of benzene rings is 1. The average Bonchev–Trinajstić information content (AvgIpc) is 2.62. The molecular weight excluding hydrogens is 314 g/mol. The maximum atomic E-state index is 11.9. The summed E-state index contributed by atoms with van der Waals surface area (Å²) < 4.78 is 0. The quantitative estimate of drug-likeness (QED) is 0.900. The molecule has 0 bridgehead atoms. The summed E-state index contributed by atoms with van der Waals surface area (Å²) in [6.45, 7) is 7.86. The van der Waals surface area contributed by atoms with Crippen molar-refractivity contribution in [3.05, 3.63) is 42.6 Å². The van der Waals surface area contributed by atoms with Crippen molar-refractivity contribution in [1.29, 1.82) is 0 Å². The summed E-state index contributed by atoms with van der Waals surface area (Å²) in [6, 6.07) is 12.1. The van der Waals surface area contributed by atoms with E-state index in [-0.39, 0.29) is 11.9 Å². The van der Waals surface area contributed by atoms with E-state index in [0.29, 0.717) is 6.54 Å². The number of carbonyl (C=O) groups excluding carboxylic acids is 1. The van der Waals surface area contributed by atoms with Gasteiger partial charge in [0.2, 0.25) is 5.91 Å². The number of hydrogen-bond donors (Lipinski definition) is 1. The lowest BCUT2D eigenvalue weighted by molar-refractivity contribution is -0.122. The van der Waals surface area contributed by atoms with Gasteiger partial charge < -0.3 is 10.2 Å². The number of piperazine rings is 1. The van der Waals surface area contributed by atoms with Gasteiger partial charge in [0.25, 0.3) is 0 Å². The van der Waals surface area contributed by atoms with Gasteiger partial charge in [0.1, 0.15) is 5.82 Å². The summed E-state index contributed by atoms with van der Waals surface area (Å²) >= 11 is 0. The van der Waals surface area contributed by atoms with Crippen LogP contribution in [0.2, 0.25) is 0 Å². The molecule has 0 unspecified atom stereocenters. The summed E-state index contributed by atoms with van der Waals surface area (Å²) in [5.41, 5.74) is 1.02. The van der Waals surface area contributed by atoms with Crippen LogP contribution in [0.4, 0.5) is 5.82 Å². The molecule has 2 heterocycles. The van der Waals surface area contributed by atoms with Crippen LogP contribution in [-0.2, 0) is 4.79 Å². The third-order valence-electron chi connectivity index (χ3n) is 4.19. The summed E-state index contributed by atoms with van der Waals surface area (Å²) in [5, 5.41) is 2.94. The van der Waals surface area contributed by atoms with Crippen LogP contribution in [0.15, 0.2) is 42.6 Å². The van der Waals surface area contributed by atoms with Gasteiger partial charge in [0, 0.05) is 44.0 Å². The Balaban J connectivity index is 1.59. The number of amides is 1. The minimum atomic E-state index is 0.0943. The van der Waals surface area contributed by atoms with Crippen LogP contribution in [-0.4, -0.2) is 59.5 Å². The zero-order chi connectivity index (χ0) is 17.6. The van der Waals surface area contributed by atoms with Crippen LogP contribution in [0.5, 0.6) is 0 Å². The number of nitrogens with one attached hydrogen (secondary N) is 1. The van der Waals surface area contributed by atoms with E-state index in [4.69, 9.17) is 4.98 Å². The van der Waals surface area contributed by atoms with Crippen LogP contribution in [0.1, 0.15) is 13.8 Å². The molecule has 1 aliphatic rings. The fraction of sp³-hybridized carbons (Fsp3) is 0.421. The molecule has 0 saturated carbocycles. The zero-order valence-electron chi connectivity index (χ0n) is 14.9. The molecule has 6 nitrogen and oxygen atoms in total. The second kappa shape index (κ2) is 8.07. The predicted molar refractivity (Wildman–Crippen MR) is 99.4 cm³/mol. The molecule has 0 spiro atoms. The highest BCUT2D eigenvalue weighted by Crippen LogP contribution is 2.19. The summed E-state index contributed by atoms with van der Waals surface area (Å²) in [6.07, 6.45) is 1.81. The largest absolute Gasteiger partial charge is 0.354 e. The smallest absolute Gasteiger partial charge is 0.234 e. The van der Waals surface area contributed by atoms with Crippen LogP contribution < -0.4 is 10.2 Å². The van der Waals surface area contributed by atoms with Crippen LogP contribution in [0.3, 0.4) is 0 Å². The highest BCUT2D eigenvalue weighted by molar-refractivity contribution is 5.78. The molecule has 1 N–H and O–H groups in total. The second-order valence-corrected chi connectivity index (χ2v) is 6.59. The van der Waals surface area contributed by atoms with Gasteiger partial charge in [-0.2, -0.15) is 0 Å². The SMILES string of the molecule is CC(C)NC(=O)CN1CCN(c2ccnc(-c3ccccc3)n2)CC1. The Kier molecular flexibility index (Phi) is 5.60. The third kappa shape index (κ3) is 4.76. The maximum absolute atomic E-state index is 11.9. The van der Waals surface area contributed by atoms with Gasteiger partial charge in [-0.15, -0.1) is 0 Å².